The molecule has 5 atom stereocenters. The summed E-state index contributed by atoms with van der Waals surface area (Å²) in [6.07, 6.45) is 4.90. The first-order valence-electron chi connectivity index (χ1n) is 12.5. The molecule has 0 unspecified atom stereocenters. The fourth-order valence-corrected chi connectivity index (χ4v) is 7.09. The van der Waals surface area contributed by atoms with Crippen LogP contribution in [0.5, 0.6) is 5.75 Å². The van der Waals surface area contributed by atoms with Crippen molar-refractivity contribution in [3.8, 4) is 5.75 Å². The molecule has 3 N–H and O–H groups in total. The van der Waals surface area contributed by atoms with Crippen molar-refractivity contribution in [2.75, 3.05) is 50.7 Å². The van der Waals surface area contributed by atoms with Gasteiger partial charge in [0.1, 0.15) is 18.0 Å². The Balaban J connectivity index is 1.61. The zero-order chi connectivity index (χ0) is 24.8. The molecule has 0 radical (unpaired) electrons. The summed E-state index contributed by atoms with van der Waals surface area (Å²) < 4.78 is 19.1. The highest BCUT2D eigenvalue weighted by Crippen LogP contribution is 2.62. The summed E-state index contributed by atoms with van der Waals surface area (Å²) in [7, 11) is 1.62. The summed E-state index contributed by atoms with van der Waals surface area (Å²) in [5, 5.41) is 16.1. The van der Waals surface area contributed by atoms with Crippen molar-refractivity contribution in [3.63, 3.8) is 0 Å². The lowest BCUT2D eigenvalue weighted by Crippen LogP contribution is -2.75. The predicted molar refractivity (Wildman–Crippen MR) is 130 cm³/mol. The summed E-state index contributed by atoms with van der Waals surface area (Å²) in [5.74, 6) is 0.756. The van der Waals surface area contributed by atoms with Gasteiger partial charge in [-0.05, 0) is 43.2 Å². The maximum atomic E-state index is 12.7. The van der Waals surface area contributed by atoms with E-state index in [1.165, 1.54) is 0 Å². The van der Waals surface area contributed by atoms with Crippen LogP contribution in [-0.2, 0) is 24.7 Å². The number of methoxy groups -OCH3 is 1. The number of ketones is 1. The van der Waals surface area contributed by atoms with Crippen LogP contribution in [0.3, 0.4) is 0 Å². The summed E-state index contributed by atoms with van der Waals surface area (Å²) in [6, 6.07) is 3.65. The van der Waals surface area contributed by atoms with E-state index in [9.17, 15) is 14.7 Å². The van der Waals surface area contributed by atoms with E-state index in [2.05, 4.69) is 22.5 Å². The number of hydrogen-bond donors (Lipinski definition) is 3. The van der Waals surface area contributed by atoms with Gasteiger partial charge in [-0.3, -0.25) is 14.5 Å². The van der Waals surface area contributed by atoms with Gasteiger partial charge in [0.2, 0.25) is 6.41 Å². The highest BCUT2D eigenvalue weighted by atomic mass is 16.6. The second-order valence-corrected chi connectivity index (χ2v) is 9.84. The van der Waals surface area contributed by atoms with Gasteiger partial charge in [-0.25, -0.2) is 0 Å². The van der Waals surface area contributed by atoms with E-state index in [0.29, 0.717) is 49.0 Å². The first-order valence-corrected chi connectivity index (χ1v) is 12.5. The molecule has 9 heteroatoms. The molecule has 4 heterocycles. The van der Waals surface area contributed by atoms with Gasteiger partial charge in [-0.2, -0.15) is 0 Å². The number of hydrogen-bond acceptors (Lipinski definition) is 8. The standard InChI is InChI=1S/C26H35N3O6/c1-4-16-13-29-7-6-25-24-20(10-17(27-15-31)11-22(24)33-3)28-26(25,35-9-8-34-25)23(29)12-19(16)18(5-2)21(32)14-30/h5,10-11,15-16,19,23,28,30H,4,6-9,12-14H2,1-3H3,(H,27,31)/b18-5+/t16-,19+,23+,25+,26+/m1/s1. The molecule has 35 heavy (non-hydrogen) atoms. The number of nitrogens with zero attached hydrogens (tertiary/aromatic N) is 1. The molecule has 0 aromatic heterocycles. The Kier molecular flexibility index (Phi) is 6.37. The number of rotatable bonds is 7. The number of ether oxygens (including phenoxy) is 3. The molecule has 4 aliphatic rings. The molecule has 3 fully saturated rings. The molecule has 1 amide bonds. The summed E-state index contributed by atoms with van der Waals surface area (Å²) in [6.45, 7) is 6.15. The number of Topliss-reactive ketones (excluding diaryl/α,β-unsaturated/α-hetero) is 1. The molecule has 1 aromatic rings. The Labute approximate surface area is 205 Å². The number of anilines is 2. The Bertz CT molecular complexity index is 1040. The monoisotopic (exact) mass is 485 g/mol. The lowest BCUT2D eigenvalue weighted by molar-refractivity contribution is -0.297. The summed E-state index contributed by atoms with van der Waals surface area (Å²) in [5.41, 5.74) is 1.45. The van der Waals surface area contributed by atoms with Crippen LogP contribution in [0.1, 0.15) is 38.7 Å². The predicted octanol–water partition coefficient (Wildman–Crippen LogP) is 2.26. The van der Waals surface area contributed by atoms with Crippen LogP contribution < -0.4 is 15.4 Å². The van der Waals surface area contributed by atoms with Gasteiger partial charge >= 0.3 is 0 Å². The van der Waals surface area contributed by atoms with E-state index in [0.717, 1.165) is 37.2 Å². The molecule has 190 valence electrons. The van der Waals surface area contributed by atoms with Crippen LogP contribution in [0.25, 0.3) is 0 Å². The lowest BCUT2D eigenvalue weighted by Gasteiger charge is -2.61. The van der Waals surface area contributed by atoms with E-state index in [-0.39, 0.29) is 17.7 Å². The van der Waals surface area contributed by atoms with Gasteiger partial charge in [0.05, 0.1) is 31.9 Å². The third-order valence-electron chi connectivity index (χ3n) is 8.51. The first-order chi connectivity index (χ1) is 17.0. The minimum atomic E-state index is -0.864. The Morgan fingerprint density at radius 3 is 2.86 bits per heavy atom. The summed E-state index contributed by atoms with van der Waals surface area (Å²) >= 11 is 0. The maximum absolute atomic E-state index is 12.7. The zero-order valence-corrected chi connectivity index (χ0v) is 20.6. The Morgan fingerprint density at radius 1 is 1.37 bits per heavy atom. The van der Waals surface area contributed by atoms with Gasteiger partial charge in [-0.15, -0.1) is 0 Å². The molecule has 0 aliphatic carbocycles. The average molecular weight is 486 g/mol. The molecular formula is C26H35N3O6. The topological polar surface area (TPSA) is 109 Å². The van der Waals surface area contributed by atoms with Gasteiger partial charge in [0, 0.05) is 30.5 Å². The number of nitrogens with one attached hydrogen (secondary N) is 2. The number of aliphatic hydroxyl groups excluding tert-OH is 1. The second kappa shape index (κ2) is 9.20. The number of amides is 1. The molecule has 9 nitrogen and oxygen atoms in total. The number of fused-ring (bicyclic) bond motifs is 2. The largest absolute Gasteiger partial charge is 0.496 e. The van der Waals surface area contributed by atoms with Crippen molar-refractivity contribution in [1.29, 1.82) is 0 Å². The maximum Gasteiger partial charge on any atom is 0.211 e. The fraction of sp³-hybridized carbons (Fsp3) is 0.615. The van der Waals surface area contributed by atoms with Crippen molar-refractivity contribution < 1.29 is 28.9 Å². The Morgan fingerprint density at radius 2 is 2.17 bits per heavy atom. The van der Waals surface area contributed by atoms with Crippen molar-refractivity contribution in [2.24, 2.45) is 11.8 Å². The lowest BCUT2D eigenvalue weighted by atomic mass is 9.66. The van der Waals surface area contributed by atoms with E-state index in [1.807, 2.05) is 25.1 Å². The highest BCUT2D eigenvalue weighted by molar-refractivity contribution is 5.96. The van der Waals surface area contributed by atoms with Gasteiger partial charge in [0.15, 0.2) is 11.5 Å². The van der Waals surface area contributed by atoms with E-state index in [1.54, 1.807) is 7.11 Å². The van der Waals surface area contributed by atoms with Crippen molar-refractivity contribution in [3.05, 3.63) is 29.3 Å². The molecule has 0 spiro atoms. The van der Waals surface area contributed by atoms with Crippen LogP contribution in [0, 0.1) is 11.8 Å². The number of benzene rings is 1. The number of carbonyl (C=O) groups is 2. The zero-order valence-electron chi connectivity index (χ0n) is 20.6. The molecule has 1 aromatic carbocycles. The van der Waals surface area contributed by atoms with Gasteiger partial charge in [-0.1, -0.05) is 19.4 Å². The minimum Gasteiger partial charge on any atom is -0.496 e. The van der Waals surface area contributed by atoms with Crippen LogP contribution >= 0.6 is 0 Å². The van der Waals surface area contributed by atoms with Crippen LogP contribution in [0.15, 0.2) is 23.8 Å². The third-order valence-corrected chi connectivity index (χ3v) is 8.51. The van der Waals surface area contributed by atoms with Gasteiger partial charge < -0.3 is 30.0 Å². The molecule has 3 saturated heterocycles. The quantitative estimate of drug-likeness (QED) is 0.399. The third kappa shape index (κ3) is 3.43. The average Bonchev–Trinajstić information content (AvgIpc) is 3.19. The Hall–Kier alpha value is -2.46. The smallest absolute Gasteiger partial charge is 0.211 e. The molecule has 0 saturated carbocycles. The van der Waals surface area contributed by atoms with Crippen molar-refractivity contribution in [2.45, 2.75) is 50.5 Å². The van der Waals surface area contributed by atoms with Crippen LogP contribution in [0.4, 0.5) is 11.4 Å². The molecule has 4 aliphatic heterocycles. The van der Waals surface area contributed by atoms with Crippen LogP contribution in [-0.4, -0.2) is 74.0 Å². The number of piperidine rings is 2. The fourth-order valence-electron chi connectivity index (χ4n) is 7.09. The molecule has 0 bridgehead atoms. The second-order valence-electron chi connectivity index (χ2n) is 9.84. The minimum absolute atomic E-state index is 0.0151. The van der Waals surface area contributed by atoms with Crippen molar-refractivity contribution in [1.82, 2.24) is 4.90 Å². The summed E-state index contributed by atoms with van der Waals surface area (Å²) in [4.78, 5) is 26.3. The van der Waals surface area contributed by atoms with Crippen LogP contribution in [0.2, 0.25) is 0 Å². The molecular weight excluding hydrogens is 450 g/mol. The number of aliphatic hydroxyl groups is 1. The number of allylic oxidation sites excluding steroid dienone is 1. The van der Waals surface area contributed by atoms with E-state index < -0.39 is 17.9 Å². The molecule has 5 rings (SSSR count). The van der Waals surface area contributed by atoms with E-state index in [4.69, 9.17) is 14.2 Å². The number of carbonyl (C=O) groups excluding carboxylic acids is 2. The highest BCUT2D eigenvalue weighted by Gasteiger charge is 2.70. The van der Waals surface area contributed by atoms with Gasteiger partial charge in [0.25, 0.3) is 0 Å². The van der Waals surface area contributed by atoms with Crippen molar-refractivity contribution >= 4 is 23.6 Å². The first kappa shape index (κ1) is 24.2. The normalized spacial score (nSPS) is 34.1. The van der Waals surface area contributed by atoms with E-state index >= 15 is 0 Å². The SMILES string of the molecule is C/C=C(/C(=O)CO)[C@H]1C[C@@H]2N(CC[C@@]34OCCO[C@@]23Nc2cc(NC=O)cc(OC)c24)C[C@H]1CC.